The van der Waals surface area contributed by atoms with Gasteiger partial charge in [0.15, 0.2) is 0 Å². The molecule has 3 nitrogen and oxygen atoms in total. The lowest BCUT2D eigenvalue weighted by Gasteiger charge is -2.33. The number of rotatable bonds is 5. The first-order valence-electron chi connectivity index (χ1n) is 9.49. The number of hydrogen-bond acceptors (Lipinski definition) is 2. The molecule has 1 aliphatic heterocycles. The quantitative estimate of drug-likeness (QED) is 0.761. The van der Waals surface area contributed by atoms with Crippen LogP contribution in [0.2, 0.25) is 0 Å². The summed E-state index contributed by atoms with van der Waals surface area (Å²) in [7, 11) is 0. The van der Waals surface area contributed by atoms with Gasteiger partial charge in [-0.25, -0.2) is 9.07 Å². The highest BCUT2D eigenvalue weighted by atomic mass is 19.1. The molecule has 2 heterocycles. The van der Waals surface area contributed by atoms with Crippen LogP contribution in [-0.2, 0) is 6.54 Å². The molecule has 0 atom stereocenters. The number of likely N-dealkylation sites (tertiary alicyclic amines) is 1. The van der Waals surface area contributed by atoms with Crippen LogP contribution in [0.5, 0.6) is 0 Å². The van der Waals surface area contributed by atoms with Gasteiger partial charge in [-0.3, -0.25) is 4.90 Å². The third-order valence-corrected chi connectivity index (χ3v) is 5.45. The minimum Gasteiger partial charge on any atom is -0.299 e. The molecule has 3 rings (SSSR count). The predicted octanol–water partition coefficient (Wildman–Crippen LogP) is 5.00. The molecular weight excluding hydrogens is 313 g/mol. The van der Waals surface area contributed by atoms with Gasteiger partial charge in [-0.2, -0.15) is 5.10 Å². The fourth-order valence-corrected chi connectivity index (χ4v) is 3.68. The van der Waals surface area contributed by atoms with Gasteiger partial charge in [-0.05, 0) is 67.4 Å². The molecule has 0 aliphatic carbocycles. The minimum absolute atomic E-state index is 0.200. The van der Waals surface area contributed by atoms with Gasteiger partial charge in [0.05, 0.1) is 11.9 Å². The van der Waals surface area contributed by atoms with Gasteiger partial charge in [0, 0.05) is 18.3 Å². The first-order valence-corrected chi connectivity index (χ1v) is 9.49. The van der Waals surface area contributed by atoms with Crippen molar-refractivity contribution in [2.75, 3.05) is 13.1 Å². The Morgan fingerprint density at radius 2 is 1.84 bits per heavy atom. The fraction of sp³-hybridized carbons (Fsp3) is 0.571. The molecule has 0 bridgehead atoms. The van der Waals surface area contributed by atoms with Gasteiger partial charge in [0.25, 0.3) is 0 Å². The minimum atomic E-state index is -0.200. The van der Waals surface area contributed by atoms with Gasteiger partial charge >= 0.3 is 0 Å². The molecule has 1 aromatic carbocycles. The SMILES string of the molecule is CC(C)c1cc(F)cc(-n2cc(CN3CCC(C(C)C)CC3)cn2)c1. The summed E-state index contributed by atoms with van der Waals surface area (Å²) in [6.45, 7) is 12.1. The van der Waals surface area contributed by atoms with Crippen molar-refractivity contribution in [2.24, 2.45) is 11.8 Å². The molecule has 2 aromatic rings. The van der Waals surface area contributed by atoms with Crippen molar-refractivity contribution in [1.29, 1.82) is 0 Å². The van der Waals surface area contributed by atoms with Crippen molar-refractivity contribution >= 4 is 0 Å². The summed E-state index contributed by atoms with van der Waals surface area (Å²) in [5.74, 6) is 1.74. The molecule has 1 saturated heterocycles. The van der Waals surface area contributed by atoms with Crippen molar-refractivity contribution in [1.82, 2.24) is 14.7 Å². The van der Waals surface area contributed by atoms with E-state index in [-0.39, 0.29) is 5.82 Å². The van der Waals surface area contributed by atoms with Crippen LogP contribution in [0, 0.1) is 17.7 Å². The summed E-state index contributed by atoms with van der Waals surface area (Å²) < 4.78 is 15.7. The lowest BCUT2D eigenvalue weighted by molar-refractivity contribution is 0.152. The first kappa shape index (κ1) is 18.1. The van der Waals surface area contributed by atoms with Gasteiger partial charge in [-0.15, -0.1) is 0 Å². The van der Waals surface area contributed by atoms with Crippen LogP contribution in [0.3, 0.4) is 0 Å². The fourth-order valence-electron chi connectivity index (χ4n) is 3.68. The normalized spacial score (nSPS) is 16.9. The lowest BCUT2D eigenvalue weighted by atomic mass is 9.87. The summed E-state index contributed by atoms with van der Waals surface area (Å²) in [6.07, 6.45) is 6.52. The number of benzene rings is 1. The molecule has 1 aliphatic rings. The van der Waals surface area contributed by atoms with Crippen molar-refractivity contribution in [3.05, 3.63) is 47.5 Å². The second-order valence-electron chi connectivity index (χ2n) is 8.05. The molecule has 0 unspecified atom stereocenters. The second-order valence-corrected chi connectivity index (χ2v) is 8.05. The maximum atomic E-state index is 13.9. The Balaban J connectivity index is 1.67. The maximum Gasteiger partial charge on any atom is 0.125 e. The van der Waals surface area contributed by atoms with Crippen LogP contribution in [0.1, 0.15) is 57.6 Å². The van der Waals surface area contributed by atoms with Crippen LogP contribution >= 0.6 is 0 Å². The number of aromatic nitrogens is 2. The van der Waals surface area contributed by atoms with Gasteiger partial charge in [0.1, 0.15) is 5.82 Å². The van der Waals surface area contributed by atoms with E-state index in [0.29, 0.717) is 5.92 Å². The van der Waals surface area contributed by atoms with E-state index in [2.05, 4.69) is 37.7 Å². The van der Waals surface area contributed by atoms with Crippen LogP contribution in [-0.4, -0.2) is 27.8 Å². The third kappa shape index (κ3) is 4.49. The summed E-state index contributed by atoms with van der Waals surface area (Å²) in [5.41, 5.74) is 3.00. The zero-order valence-electron chi connectivity index (χ0n) is 15.9. The average Bonchev–Trinajstić information content (AvgIpc) is 3.03. The molecule has 0 spiro atoms. The molecular formula is C21H30FN3. The Morgan fingerprint density at radius 1 is 1.12 bits per heavy atom. The summed E-state index contributed by atoms with van der Waals surface area (Å²) in [5, 5.41) is 4.46. The van der Waals surface area contributed by atoms with E-state index in [9.17, 15) is 4.39 Å². The number of piperidine rings is 1. The Kier molecular flexibility index (Phi) is 5.57. The molecule has 4 heteroatoms. The summed E-state index contributed by atoms with van der Waals surface area (Å²) in [6, 6.07) is 5.19. The van der Waals surface area contributed by atoms with E-state index in [1.807, 2.05) is 18.5 Å². The molecule has 136 valence electrons. The zero-order valence-corrected chi connectivity index (χ0v) is 15.9. The zero-order chi connectivity index (χ0) is 18.0. The Labute approximate surface area is 150 Å². The van der Waals surface area contributed by atoms with Gasteiger partial charge < -0.3 is 0 Å². The monoisotopic (exact) mass is 343 g/mol. The molecule has 0 radical (unpaired) electrons. The molecule has 0 saturated carbocycles. The second kappa shape index (κ2) is 7.69. The Bertz CT molecular complexity index is 697. The van der Waals surface area contributed by atoms with Gasteiger partial charge in [-0.1, -0.05) is 27.7 Å². The Morgan fingerprint density at radius 3 is 2.48 bits per heavy atom. The molecule has 1 fully saturated rings. The van der Waals surface area contributed by atoms with Crippen molar-refractivity contribution in [3.8, 4) is 5.69 Å². The molecule has 0 N–H and O–H groups in total. The van der Waals surface area contributed by atoms with E-state index >= 15 is 0 Å². The maximum absolute atomic E-state index is 13.9. The van der Waals surface area contributed by atoms with Crippen molar-refractivity contribution in [3.63, 3.8) is 0 Å². The number of hydrogen-bond donors (Lipinski definition) is 0. The highest BCUT2D eigenvalue weighted by Gasteiger charge is 2.21. The predicted molar refractivity (Wildman–Crippen MR) is 100 cm³/mol. The summed E-state index contributed by atoms with van der Waals surface area (Å²) in [4.78, 5) is 2.51. The Hall–Kier alpha value is -1.68. The standard InChI is InChI=1S/C21H30FN3/c1-15(2)18-5-7-24(8-6-18)13-17-12-23-25(14-17)21-10-19(16(3)4)9-20(22)11-21/h9-12,14-16,18H,5-8,13H2,1-4H3. The highest BCUT2D eigenvalue weighted by molar-refractivity contribution is 5.37. The topological polar surface area (TPSA) is 21.1 Å². The van der Waals surface area contributed by atoms with Crippen LogP contribution in [0.25, 0.3) is 5.69 Å². The number of halogens is 1. The van der Waals surface area contributed by atoms with Crippen LogP contribution in [0.4, 0.5) is 4.39 Å². The van der Waals surface area contributed by atoms with Gasteiger partial charge in [0.2, 0.25) is 0 Å². The van der Waals surface area contributed by atoms with E-state index in [1.54, 1.807) is 16.8 Å². The largest absolute Gasteiger partial charge is 0.299 e. The lowest BCUT2D eigenvalue weighted by Crippen LogP contribution is -2.34. The molecule has 0 amide bonds. The van der Waals surface area contributed by atoms with Crippen LogP contribution in [0.15, 0.2) is 30.6 Å². The van der Waals surface area contributed by atoms with Crippen molar-refractivity contribution in [2.45, 2.75) is 53.0 Å². The molecule has 25 heavy (non-hydrogen) atoms. The number of nitrogens with zero attached hydrogens (tertiary/aromatic N) is 3. The van der Waals surface area contributed by atoms with E-state index < -0.39 is 0 Å². The summed E-state index contributed by atoms with van der Waals surface area (Å²) >= 11 is 0. The average molecular weight is 343 g/mol. The van der Waals surface area contributed by atoms with E-state index in [1.165, 1.54) is 18.4 Å². The smallest absolute Gasteiger partial charge is 0.125 e. The molecule has 1 aromatic heterocycles. The van der Waals surface area contributed by atoms with Crippen LogP contribution < -0.4 is 0 Å². The van der Waals surface area contributed by atoms with E-state index in [4.69, 9.17) is 0 Å². The first-order chi connectivity index (χ1) is 11.9. The van der Waals surface area contributed by atoms with E-state index in [0.717, 1.165) is 42.7 Å². The third-order valence-electron chi connectivity index (χ3n) is 5.45. The highest BCUT2D eigenvalue weighted by Crippen LogP contribution is 2.25. The van der Waals surface area contributed by atoms with Crippen molar-refractivity contribution < 1.29 is 4.39 Å².